The van der Waals surface area contributed by atoms with Crippen molar-refractivity contribution in [3.63, 3.8) is 0 Å². The largest absolute Gasteiger partial charge is 0.316 e. The molecule has 19 heavy (non-hydrogen) atoms. The van der Waals surface area contributed by atoms with Crippen LogP contribution in [-0.2, 0) is 16.4 Å². The Morgan fingerprint density at radius 2 is 2.05 bits per heavy atom. The first-order chi connectivity index (χ1) is 9.06. The van der Waals surface area contributed by atoms with Crippen LogP contribution in [0.15, 0.2) is 24.3 Å². The van der Waals surface area contributed by atoms with Gasteiger partial charge in [0.1, 0.15) is 0 Å². The fraction of sp³-hybridized carbons (Fsp3) is 0.571. The average Bonchev–Trinajstić information content (AvgIpc) is 2.71. The average molecular weight is 282 g/mol. The molecule has 0 aromatic heterocycles. The maximum Gasteiger partial charge on any atom is 0.236 e. The van der Waals surface area contributed by atoms with Crippen LogP contribution in [-0.4, -0.2) is 33.3 Å². The van der Waals surface area contributed by atoms with E-state index < -0.39 is 10.0 Å². The minimum Gasteiger partial charge on any atom is -0.316 e. The molecule has 1 aliphatic heterocycles. The Hall–Kier alpha value is -1.07. The molecule has 1 aromatic carbocycles. The molecule has 0 fully saturated rings. The van der Waals surface area contributed by atoms with Crippen molar-refractivity contribution in [3.8, 4) is 0 Å². The SMILES string of the molecule is CCCNCCS(=O)(=O)N1c2ccccc2CC1C. The summed E-state index contributed by atoms with van der Waals surface area (Å²) < 4.78 is 26.5. The van der Waals surface area contributed by atoms with Gasteiger partial charge in [0, 0.05) is 12.6 Å². The van der Waals surface area contributed by atoms with Crippen LogP contribution >= 0.6 is 0 Å². The van der Waals surface area contributed by atoms with Crippen molar-refractivity contribution in [2.45, 2.75) is 32.7 Å². The Morgan fingerprint density at radius 3 is 2.79 bits per heavy atom. The molecule has 5 heteroatoms. The summed E-state index contributed by atoms with van der Waals surface area (Å²) in [5.74, 6) is 0.158. The molecular formula is C14H22N2O2S. The predicted octanol–water partition coefficient (Wildman–Crippen LogP) is 1.77. The minimum absolute atomic E-state index is 0.0218. The van der Waals surface area contributed by atoms with E-state index in [0.717, 1.165) is 30.6 Å². The number of nitrogens with one attached hydrogen (secondary N) is 1. The van der Waals surface area contributed by atoms with Gasteiger partial charge < -0.3 is 5.32 Å². The quantitative estimate of drug-likeness (QED) is 0.809. The fourth-order valence-corrected chi connectivity index (χ4v) is 4.26. The van der Waals surface area contributed by atoms with Gasteiger partial charge in [0.15, 0.2) is 0 Å². The summed E-state index contributed by atoms with van der Waals surface area (Å²) in [6, 6.07) is 7.79. The van der Waals surface area contributed by atoms with Gasteiger partial charge in [-0.05, 0) is 37.9 Å². The van der Waals surface area contributed by atoms with Crippen LogP contribution < -0.4 is 9.62 Å². The molecule has 2 rings (SSSR count). The van der Waals surface area contributed by atoms with Crippen LogP contribution in [0.4, 0.5) is 5.69 Å². The van der Waals surface area contributed by atoms with Gasteiger partial charge in [-0.1, -0.05) is 25.1 Å². The monoisotopic (exact) mass is 282 g/mol. The molecule has 0 saturated heterocycles. The molecule has 0 saturated carbocycles. The van der Waals surface area contributed by atoms with E-state index in [1.807, 2.05) is 31.2 Å². The Bertz CT molecular complexity index is 528. The highest BCUT2D eigenvalue weighted by Crippen LogP contribution is 2.34. The number of nitrogens with zero attached hydrogens (tertiary/aromatic N) is 1. The molecule has 1 atom stereocenters. The lowest BCUT2D eigenvalue weighted by Gasteiger charge is -2.24. The highest BCUT2D eigenvalue weighted by atomic mass is 32.2. The fourth-order valence-electron chi connectivity index (χ4n) is 2.56. The van der Waals surface area contributed by atoms with Gasteiger partial charge in [-0.25, -0.2) is 8.42 Å². The first-order valence-corrected chi connectivity index (χ1v) is 8.48. The number of anilines is 1. The van der Waals surface area contributed by atoms with Gasteiger partial charge in [0.05, 0.1) is 11.4 Å². The van der Waals surface area contributed by atoms with E-state index in [1.54, 1.807) is 4.31 Å². The maximum atomic E-state index is 12.5. The molecule has 0 spiro atoms. The molecular weight excluding hydrogens is 260 g/mol. The molecule has 4 nitrogen and oxygen atoms in total. The molecule has 0 radical (unpaired) electrons. The Morgan fingerprint density at radius 1 is 1.32 bits per heavy atom. The normalized spacial score (nSPS) is 18.6. The van der Waals surface area contributed by atoms with Crippen LogP contribution in [0.5, 0.6) is 0 Å². The molecule has 0 bridgehead atoms. The van der Waals surface area contributed by atoms with Crippen LogP contribution in [0, 0.1) is 0 Å². The molecule has 1 N–H and O–H groups in total. The van der Waals surface area contributed by atoms with E-state index in [1.165, 1.54) is 0 Å². The predicted molar refractivity (Wildman–Crippen MR) is 79.0 cm³/mol. The summed E-state index contributed by atoms with van der Waals surface area (Å²) in [7, 11) is -3.23. The highest BCUT2D eigenvalue weighted by molar-refractivity contribution is 7.92. The van der Waals surface area contributed by atoms with E-state index in [4.69, 9.17) is 0 Å². The van der Waals surface area contributed by atoms with E-state index >= 15 is 0 Å². The van der Waals surface area contributed by atoms with Crippen molar-refractivity contribution in [1.82, 2.24) is 5.32 Å². The summed E-state index contributed by atoms with van der Waals surface area (Å²) in [5.41, 5.74) is 1.98. The topological polar surface area (TPSA) is 49.4 Å². The maximum absolute atomic E-state index is 12.5. The van der Waals surface area contributed by atoms with Gasteiger partial charge >= 0.3 is 0 Å². The third kappa shape index (κ3) is 3.09. The van der Waals surface area contributed by atoms with Crippen molar-refractivity contribution in [3.05, 3.63) is 29.8 Å². The zero-order valence-electron chi connectivity index (χ0n) is 11.6. The third-order valence-corrected chi connectivity index (χ3v) is 5.28. The number of hydrogen-bond acceptors (Lipinski definition) is 3. The lowest BCUT2D eigenvalue weighted by Crippen LogP contribution is -2.39. The molecule has 1 aromatic rings. The van der Waals surface area contributed by atoms with Gasteiger partial charge in [0.2, 0.25) is 10.0 Å². The number of fused-ring (bicyclic) bond motifs is 1. The van der Waals surface area contributed by atoms with Crippen LogP contribution in [0.2, 0.25) is 0 Å². The van der Waals surface area contributed by atoms with Crippen molar-refractivity contribution in [2.24, 2.45) is 0 Å². The van der Waals surface area contributed by atoms with Gasteiger partial charge in [-0.3, -0.25) is 4.31 Å². The zero-order chi connectivity index (χ0) is 13.9. The first-order valence-electron chi connectivity index (χ1n) is 6.87. The van der Waals surface area contributed by atoms with Crippen molar-refractivity contribution in [2.75, 3.05) is 23.1 Å². The molecule has 0 amide bonds. The molecule has 1 aliphatic rings. The van der Waals surface area contributed by atoms with E-state index in [-0.39, 0.29) is 11.8 Å². The van der Waals surface area contributed by atoms with Gasteiger partial charge in [0.25, 0.3) is 0 Å². The molecule has 0 aliphatic carbocycles. The van der Waals surface area contributed by atoms with Crippen LogP contribution in [0.25, 0.3) is 0 Å². The Kier molecular flexibility index (Phi) is 4.47. The smallest absolute Gasteiger partial charge is 0.236 e. The summed E-state index contributed by atoms with van der Waals surface area (Å²) in [4.78, 5) is 0. The summed E-state index contributed by atoms with van der Waals surface area (Å²) in [6.07, 6.45) is 1.82. The van der Waals surface area contributed by atoms with E-state index in [2.05, 4.69) is 12.2 Å². The molecule has 1 heterocycles. The summed E-state index contributed by atoms with van der Waals surface area (Å²) in [5, 5.41) is 3.15. The Balaban J connectivity index is 2.12. The van der Waals surface area contributed by atoms with Gasteiger partial charge in [-0.15, -0.1) is 0 Å². The van der Waals surface area contributed by atoms with Crippen molar-refractivity contribution in [1.29, 1.82) is 0 Å². The second-order valence-electron chi connectivity index (χ2n) is 5.04. The van der Waals surface area contributed by atoms with Crippen LogP contribution in [0.1, 0.15) is 25.8 Å². The summed E-state index contributed by atoms with van der Waals surface area (Å²) in [6.45, 7) is 5.42. The lowest BCUT2D eigenvalue weighted by molar-refractivity contribution is 0.579. The number of benzene rings is 1. The lowest BCUT2D eigenvalue weighted by atomic mass is 10.1. The second-order valence-corrected chi connectivity index (χ2v) is 7.01. The zero-order valence-corrected chi connectivity index (χ0v) is 12.4. The van der Waals surface area contributed by atoms with Gasteiger partial charge in [-0.2, -0.15) is 0 Å². The van der Waals surface area contributed by atoms with E-state index in [9.17, 15) is 8.42 Å². The number of hydrogen-bond donors (Lipinski definition) is 1. The Labute approximate surface area is 115 Å². The standard InChI is InChI=1S/C14H22N2O2S/c1-3-8-15-9-10-19(17,18)16-12(2)11-13-6-4-5-7-14(13)16/h4-7,12,15H,3,8-11H2,1-2H3. The van der Waals surface area contributed by atoms with E-state index in [0.29, 0.717) is 6.54 Å². The highest BCUT2D eigenvalue weighted by Gasteiger charge is 2.34. The second kappa shape index (κ2) is 5.92. The van der Waals surface area contributed by atoms with Crippen molar-refractivity contribution < 1.29 is 8.42 Å². The number of para-hydroxylation sites is 1. The van der Waals surface area contributed by atoms with Crippen molar-refractivity contribution >= 4 is 15.7 Å². The number of rotatable bonds is 6. The molecule has 106 valence electrons. The van der Waals surface area contributed by atoms with Crippen LogP contribution in [0.3, 0.4) is 0 Å². The number of sulfonamides is 1. The molecule has 1 unspecified atom stereocenters. The summed E-state index contributed by atoms with van der Waals surface area (Å²) >= 11 is 0. The third-order valence-electron chi connectivity index (χ3n) is 3.41. The first kappa shape index (κ1) is 14.3. The minimum atomic E-state index is -3.23.